The van der Waals surface area contributed by atoms with E-state index in [0.29, 0.717) is 18.8 Å². The third-order valence-corrected chi connectivity index (χ3v) is 3.42. The molecule has 1 amide bonds. The van der Waals surface area contributed by atoms with Gasteiger partial charge in [-0.2, -0.15) is 5.10 Å². The van der Waals surface area contributed by atoms with Gasteiger partial charge in [-0.3, -0.25) is 9.48 Å². The van der Waals surface area contributed by atoms with Crippen molar-refractivity contribution in [3.05, 3.63) is 47.2 Å². The molecule has 1 aromatic heterocycles. The zero-order chi connectivity index (χ0) is 14.5. The molecule has 5 heteroatoms. The fourth-order valence-corrected chi connectivity index (χ4v) is 2.05. The van der Waals surface area contributed by atoms with Gasteiger partial charge in [0.05, 0.1) is 6.20 Å². The number of nitrogens with two attached hydrogens (primary N) is 1. The average molecular weight is 272 g/mol. The van der Waals surface area contributed by atoms with E-state index in [1.807, 2.05) is 12.1 Å². The lowest BCUT2D eigenvalue weighted by molar-refractivity contribution is -0.121. The third kappa shape index (κ3) is 3.38. The molecule has 0 bridgehead atoms. The van der Waals surface area contributed by atoms with Crippen LogP contribution in [0.25, 0.3) is 0 Å². The first-order valence-electron chi connectivity index (χ1n) is 6.65. The minimum Gasteiger partial charge on any atom is -0.384 e. The summed E-state index contributed by atoms with van der Waals surface area (Å²) in [6.07, 6.45) is 2.91. The normalized spacial score (nSPS) is 10.5. The maximum atomic E-state index is 11.8. The number of rotatable bonds is 5. The van der Waals surface area contributed by atoms with Crippen LogP contribution in [-0.2, 0) is 24.8 Å². The number of nitrogens with one attached hydrogen (secondary N) is 1. The number of carbonyl (C=O) groups is 1. The summed E-state index contributed by atoms with van der Waals surface area (Å²) in [6.45, 7) is 2.48. The number of benzene rings is 1. The number of aryl methyl sites for hydroxylation is 3. The molecule has 3 N–H and O–H groups in total. The number of anilines is 1. The van der Waals surface area contributed by atoms with Gasteiger partial charge in [-0.15, -0.1) is 0 Å². The van der Waals surface area contributed by atoms with Gasteiger partial charge >= 0.3 is 0 Å². The van der Waals surface area contributed by atoms with Crippen LogP contribution in [0.15, 0.2) is 30.5 Å². The van der Waals surface area contributed by atoms with Crippen molar-refractivity contribution in [1.29, 1.82) is 0 Å². The van der Waals surface area contributed by atoms with Crippen molar-refractivity contribution in [2.24, 2.45) is 7.05 Å². The predicted molar refractivity (Wildman–Crippen MR) is 79.0 cm³/mol. The molecular weight excluding hydrogens is 252 g/mol. The van der Waals surface area contributed by atoms with Crippen molar-refractivity contribution in [3.8, 4) is 0 Å². The van der Waals surface area contributed by atoms with Crippen LogP contribution < -0.4 is 11.1 Å². The van der Waals surface area contributed by atoms with Gasteiger partial charge in [0.1, 0.15) is 5.82 Å². The Hall–Kier alpha value is -2.30. The van der Waals surface area contributed by atoms with E-state index < -0.39 is 0 Å². The van der Waals surface area contributed by atoms with Crippen LogP contribution in [0, 0.1) is 6.92 Å². The zero-order valence-electron chi connectivity index (χ0n) is 11.9. The molecule has 1 aromatic carbocycles. The lowest BCUT2D eigenvalue weighted by Crippen LogP contribution is -2.23. The summed E-state index contributed by atoms with van der Waals surface area (Å²) in [6, 6.07) is 8.12. The van der Waals surface area contributed by atoms with Crippen LogP contribution >= 0.6 is 0 Å². The Morgan fingerprint density at radius 3 is 2.75 bits per heavy atom. The van der Waals surface area contributed by atoms with Gasteiger partial charge in [-0.05, 0) is 24.5 Å². The first-order chi connectivity index (χ1) is 9.58. The Morgan fingerprint density at radius 1 is 1.35 bits per heavy atom. The predicted octanol–water partition coefficient (Wildman–Crippen LogP) is 1.56. The molecule has 5 nitrogen and oxygen atoms in total. The van der Waals surface area contributed by atoms with E-state index in [4.69, 9.17) is 5.73 Å². The third-order valence-electron chi connectivity index (χ3n) is 3.42. The number of carbonyl (C=O) groups excluding carboxylic acids is 1. The molecule has 20 heavy (non-hydrogen) atoms. The highest BCUT2D eigenvalue weighted by molar-refractivity contribution is 5.76. The van der Waals surface area contributed by atoms with Crippen LogP contribution in [0.2, 0.25) is 0 Å². The molecule has 0 fully saturated rings. The average Bonchev–Trinajstić information content (AvgIpc) is 2.76. The molecule has 0 radical (unpaired) electrons. The molecule has 0 unspecified atom stereocenters. The molecule has 0 aliphatic rings. The highest BCUT2D eigenvalue weighted by Gasteiger charge is 2.07. The SMILES string of the molecule is Cc1ccccc1CCC(=O)NCc1cnn(C)c1N. The topological polar surface area (TPSA) is 72.9 Å². The minimum absolute atomic E-state index is 0.0245. The van der Waals surface area contributed by atoms with Crippen molar-refractivity contribution in [3.63, 3.8) is 0 Å². The van der Waals surface area contributed by atoms with Crippen LogP contribution in [-0.4, -0.2) is 15.7 Å². The quantitative estimate of drug-likeness (QED) is 0.867. The Labute approximate surface area is 118 Å². The second kappa shape index (κ2) is 6.23. The smallest absolute Gasteiger partial charge is 0.220 e. The number of hydrogen-bond donors (Lipinski definition) is 2. The molecule has 0 aliphatic carbocycles. The zero-order valence-corrected chi connectivity index (χ0v) is 11.9. The van der Waals surface area contributed by atoms with Gasteiger partial charge in [-0.1, -0.05) is 24.3 Å². The maximum absolute atomic E-state index is 11.8. The summed E-state index contributed by atoms with van der Waals surface area (Å²) in [5, 5.41) is 6.91. The van der Waals surface area contributed by atoms with Crippen LogP contribution in [0.5, 0.6) is 0 Å². The lowest BCUT2D eigenvalue weighted by Gasteiger charge is -2.07. The first-order valence-corrected chi connectivity index (χ1v) is 6.65. The molecule has 0 spiro atoms. The monoisotopic (exact) mass is 272 g/mol. The van der Waals surface area contributed by atoms with Gasteiger partial charge in [-0.25, -0.2) is 0 Å². The Morgan fingerprint density at radius 2 is 2.10 bits per heavy atom. The van der Waals surface area contributed by atoms with Crippen LogP contribution in [0.3, 0.4) is 0 Å². The van der Waals surface area contributed by atoms with Crippen molar-refractivity contribution in [1.82, 2.24) is 15.1 Å². The molecule has 2 aromatic rings. The number of nitrogens with zero attached hydrogens (tertiary/aromatic N) is 2. The van der Waals surface area contributed by atoms with Gasteiger partial charge in [0.2, 0.25) is 5.91 Å². The summed E-state index contributed by atoms with van der Waals surface area (Å²) in [7, 11) is 1.78. The fourth-order valence-electron chi connectivity index (χ4n) is 2.05. The molecule has 2 rings (SSSR count). The van der Waals surface area contributed by atoms with Gasteiger partial charge in [0.15, 0.2) is 0 Å². The second-order valence-corrected chi connectivity index (χ2v) is 4.88. The largest absolute Gasteiger partial charge is 0.384 e. The lowest BCUT2D eigenvalue weighted by atomic mass is 10.0. The van der Waals surface area contributed by atoms with Crippen LogP contribution in [0.4, 0.5) is 5.82 Å². The maximum Gasteiger partial charge on any atom is 0.220 e. The number of aromatic nitrogens is 2. The van der Waals surface area contributed by atoms with Gasteiger partial charge < -0.3 is 11.1 Å². The minimum atomic E-state index is 0.0245. The summed E-state index contributed by atoms with van der Waals surface area (Å²) < 4.78 is 1.59. The summed E-state index contributed by atoms with van der Waals surface area (Å²) in [4.78, 5) is 11.8. The van der Waals surface area contributed by atoms with Crippen molar-refractivity contribution < 1.29 is 4.79 Å². The van der Waals surface area contributed by atoms with Crippen molar-refractivity contribution in [2.75, 3.05) is 5.73 Å². The summed E-state index contributed by atoms with van der Waals surface area (Å²) >= 11 is 0. The van der Waals surface area contributed by atoms with Crippen LogP contribution in [0.1, 0.15) is 23.1 Å². The molecule has 106 valence electrons. The molecule has 0 saturated heterocycles. The van der Waals surface area contributed by atoms with Gasteiger partial charge in [0, 0.05) is 25.6 Å². The van der Waals surface area contributed by atoms with E-state index >= 15 is 0 Å². The Kier molecular flexibility index (Phi) is 4.40. The number of amides is 1. The molecule has 0 aliphatic heterocycles. The van der Waals surface area contributed by atoms with E-state index in [-0.39, 0.29) is 5.91 Å². The Bertz CT molecular complexity index is 604. The van der Waals surface area contributed by atoms with Gasteiger partial charge in [0.25, 0.3) is 0 Å². The highest BCUT2D eigenvalue weighted by atomic mass is 16.1. The number of hydrogen-bond acceptors (Lipinski definition) is 3. The molecule has 0 atom stereocenters. The van der Waals surface area contributed by atoms with E-state index in [1.54, 1.807) is 17.9 Å². The van der Waals surface area contributed by atoms with Crippen molar-refractivity contribution >= 4 is 11.7 Å². The second-order valence-electron chi connectivity index (χ2n) is 4.88. The summed E-state index contributed by atoms with van der Waals surface area (Å²) in [5.41, 5.74) is 9.10. The standard InChI is InChI=1S/C15H20N4O/c1-11-5-3-4-6-12(11)7-8-14(20)17-9-13-10-18-19(2)15(13)16/h3-6,10H,7-9,16H2,1-2H3,(H,17,20). The van der Waals surface area contributed by atoms with Crippen molar-refractivity contribution in [2.45, 2.75) is 26.3 Å². The highest BCUT2D eigenvalue weighted by Crippen LogP contribution is 2.10. The fraction of sp³-hybridized carbons (Fsp3) is 0.333. The Balaban J connectivity index is 1.82. The molecule has 1 heterocycles. The molecule has 0 saturated carbocycles. The van der Waals surface area contributed by atoms with E-state index in [0.717, 1.165) is 12.0 Å². The number of nitrogen functional groups attached to an aromatic ring is 1. The van der Waals surface area contributed by atoms with E-state index in [1.165, 1.54) is 11.1 Å². The molecular formula is C15H20N4O. The van der Waals surface area contributed by atoms with E-state index in [2.05, 4.69) is 29.5 Å². The summed E-state index contributed by atoms with van der Waals surface area (Å²) in [5.74, 6) is 0.612. The van der Waals surface area contributed by atoms with E-state index in [9.17, 15) is 4.79 Å². The first kappa shape index (κ1) is 14.1.